The van der Waals surface area contributed by atoms with E-state index in [1.165, 1.54) is 25.7 Å². The Hall–Kier alpha value is -0.0800. The molecule has 76 valence electrons. The van der Waals surface area contributed by atoms with Crippen LogP contribution in [0.5, 0.6) is 0 Å². The van der Waals surface area contributed by atoms with E-state index in [0.29, 0.717) is 6.04 Å². The molecule has 13 heavy (non-hydrogen) atoms. The Morgan fingerprint density at radius 1 is 1.23 bits per heavy atom. The quantitative estimate of drug-likeness (QED) is 0.515. The van der Waals surface area contributed by atoms with E-state index in [1.807, 2.05) is 0 Å². The number of rotatable bonds is 4. The first-order valence-corrected chi connectivity index (χ1v) is 5.66. The molecule has 0 amide bonds. The fraction of sp³-hybridized carbons (Fsp3) is 1.00. The van der Waals surface area contributed by atoms with E-state index in [4.69, 9.17) is 5.84 Å². The highest BCUT2D eigenvalue weighted by Crippen LogP contribution is 2.55. The highest BCUT2D eigenvalue weighted by Gasteiger charge is 2.47. The molecule has 0 bridgehead atoms. The minimum Gasteiger partial charge on any atom is -0.271 e. The molecule has 0 spiro atoms. The molecule has 0 saturated heterocycles. The predicted molar refractivity (Wildman–Crippen MR) is 54.9 cm³/mol. The van der Waals surface area contributed by atoms with Crippen LogP contribution in [-0.2, 0) is 0 Å². The molecule has 0 aliphatic heterocycles. The first-order chi connectivity index (χ1) is 6.20. The average Bonchev–Trinajstić information content (AvgIpc) is 2.69. The van der Waals surface area contributed by atoms with Crippen LogP contribution >= 0.6 is 0 Å². The van der Waals surface area contributed by atoms with Gasteiger partial charge in [0.05, 0.1) is 0 Å². The molecule has 3 unspecified atom stereocenters. The first-order valence-electron chi connectivity index (χ1n) is 5.66. The zero-order valence-electron chi connectivity index (χ0n) is 8.79. The standard InChI is InChI=1S/C11H22N2/c1-7(2)3-11(13-12)10-5-8-4-9(8)6-10/h7-11,13H,3-6,12H2,1-2H3. The fourth-order valence-corrected chi connectivity index (χ4v) is 2.99. The maximum atomic E-state index is 5.61. The van der Waals surface area contributed by atoms with E-state index in [9.17, 15) is 0 Å². The molecule has 2 rings (SSSR count). The van der Waals surface area contributed by atoms with Crippen molar-refractivity contribution in [1.82, 2.24) is 5.43 Å². The fourth-order valence-electron chi connectivity index (χ4n) is 2.99. The van der Waals surface area contributed by atoms with E-state index >= 15 is 0 Å². The van der Waals surface area contributed by atoms with Gasteiger partial charge < -0.3 is 0 Å². The van der Waals surface area contributed by atoms with E-state index in [-0.39, 0.29) is 0 Å². The number of nitrogens with one attached hydrogen (secondary N) is 1. The van der Waals surface area contributed by atoms with Gasteiger partial charge in [0.1, 0.15) is 0 Å². The summed E-state index contributed by atoms with van der Waals surface area (Å²) in [5, 5.41) is 0. The SMILES string of the molecule is CC(C)CC(NN)C1CC2CC2C1. The summed E-state index contributed by atoms with van der Waals surface area (Å²) in [6, 6.07) is 0.577. The van der Waals surface area contributed by atoms with Crippen molar-refractivity contribution in [2.45, 2.75) is 45.6 Å². The van der Waals surface area contributed by atoms with Crippen molar-refractivity contribution in [3.8, 4) is 0 Å². The van der Waals surface area contributed by atoms with Crippen LogP contribution in [-0.4, -0.2) is 6.04 Å². The smallest absolute Gasteiger partial charge is 0.0241 e. The monoisotopic (exact) mass is 182 g/mol. The Kier molecular flexibility index (Phi) is 2.61. The van der Waals surface area contributed by atoms with Gasteiger partial charge >= 0.3 is 0 Å². The Labute approximate surface area is 81.2 Å². The third kappa shape index (κ3) is 2.05. The molecule has 2 nitrogen and oxygen atoms in total. The third-order valence-electron chi connectivity index (χ3n) is 3.79. The first kappa shape index (κ1) is 9.47. The zero-order valence-corrected chi connectivity index (χ0v) is 8.79. The van der Waals surface area contributed by atoms with Crippen LogP contribution in [0, 0.1) is 23.7 Å². The van der Waals surface area contributed by atoms with Gasteiger partial charge in [-0.1, -0.05) is 13.8 Å². The molecule has 2 aliphatic rings. The molecule has 0 heterocycles. The van der Waals surface area contributed by atoms with Crippen LogP contribution in [0.4, 0.5) is 0 Å². The summed E-state index contributed by atoms with van der Waals surface area (Å²) < 4.78 is 0. The summed E-state index contributed by atoms with van der Waals surface area (Å²) in [5.41, 5.74) is 3.02. The molecule has 3 atom stereocenters. The maximum Gasteiger partial charge on any atom is 0.0241 e. The number of hydrogen-bond acceptors (Lipinski definition) is 2. The molecule has 0 aromatic heterocycles. The molecule has 0 aromatic carbocycles. The van der Waals surface area contributed by atoms with Crippen LogP contribution in [0.25, 0.3) is 0 Å². The van der Waals surface area contributed by atoms with Crippen molar-refractivity contribution in [2.24, 2.45) is 29.5 Å². The molecule has 2 saturated carbocycles. The lowest BCUT2D eigenvalue weighted by Gasteiger charge is -2.25. The highest BCUT2D eigenvalue weighted by atomic mass is 15.2. The summed E-state index contributed by atoms with van der Waals surface area (Å²) in [6.07, 6.45) is 5.62. The van der Waals surface area contributed by atoms with Crippen LogP contribution in [0.3, 0.4) is 0 Å². The number of hydrogen-bond donors (Lipinski definition) is 2. The van der Waals surface area contributed by atoms with Crippen molar-refractivity contribution < 1.29 is 0 Å². The molecule has 2 aliphatic carbocycles. The van der Waals surface area contributed by atoms with Crippen molar-refractivity contribution >= 4 is 0 Å². The number of hydrazine groups is 1. The van der Waals surface area contributed by atoms with E-state index < -0.39 is 0 Å². The summed E-state index contributed by atoms with van der Waals surface area (Å²) >= 11 is 0. The van der Waals surface area contributed by atoms with Crippen LogP contribution in [0.1, 0.15) is 39.5 Å². The van der Waals surface area contributed by atoms with Gasteiger partial charge in [-0.3, -0.25) is 11.3 Å². The van der Waals surface area contributed by atoms with Gasteiger partial charge in [-0.2, -0.15) is 0 Å². The lowest BCUT2D eigenvalue weighted by molar-refractivity contribution is 0.294. The van der Waals surface area contributed by atoms with Gasteiger partial charge in [-0.25, -0.2) is 0 Å². The minimum absolute atomic E-state index is 0.577. The van der Waals surface area contributed by atoms with Crippen molar-refractivity contribution in [3.05, 3.63) is 0 Å². The second-order valence-electron chi connectivity index (χ2n) is 5.39. The van der Waals surface area contributed by atoms with Gasteiger partial charge in [-0.15, -0.1) is 0 Å². The molecule has 0 aromatic rings. The van der Waals surface area contributed by atoms with Crippen molar-refractivity contribution in [1.29, 1.82) is 0 Å². The third-order valence-corrected chi connectivity index (χ3v) is 3.79. The summed E-state index contributed by atoms with van der Waals surface area (Å²) in [7, 11) is 0. The van der Waals surface area contributed by atoms with E-state index in [1.54, 1.807) is 0 Å². The Bertz CT molecular complexity index is 169. The highest BCUT2D eigenvalue weighted by molar-refractivity contribution is 4.98. The summed E-state index contributed by atoms with van der Waals surface area (Å²) in [5.74, 6) is 9.40. The van der Waals surface area contributed by atoms with Crippen molar-refractivity contribution in [3.63, 3.8) is 0 Å². The maximum absolute atomic E-state index is 5.61. The molecule has 2 heteroatoms. The number of fused-ring (bicyclic) bond motifs is 1. The normalized spacial score (nSPS) is 39.2. The second-order valence-corrected chi connectivity index (χ2v) is 5.39. The molecule has 2 fully saturated rings. The average molecular weight is 182 g/mol. The Balaban J connectivity index is 1.82. The van der Waals surface area contributed by atoms with Crippen LogP contribution in [0.2, 0.25) is 0 Å². The predicted octanol–water partition coefficient (Wildman–Crippen LogP) is 1.91. The zero-order chi connectivity index (χ0) is 9.42. The lowest BCUT2D eigenvalue weighted by atomic mass is 9.89. The largest absolute Gasteiger partial charge is 0.271 e. The van der Waals surface area contributed by atoms with Crippen molar-refractivity contribution in [2.75, 3.05) is 0 Å². The van der Waals surface area contributed by atoms with Crippen LogP contribution in [0.15, 0.2) is 0 Å². The Morgan fingerprint density at radius 3 is 2.31 bits per heavy atom. The van der Waals surface area contributed by atoms with Gasteiger partial charge in [-0.05, 0) is 49.4 Å². The van der Waals surface area contributed by atoms with E-state index in [2.05, 4.69) is 19.3 Å². The van der Waals surface area contributed by atoms with Gasteiger partial charge in [0.15, 0.2) is 0 Å². The summed E-state index contributed by atoms with van der Waals surface area (Å²) in [4.78, 5) is 0. The molecular weight excluding hydrogens is 160 g/mol. The van der Waals surface area contributed by atoms with Gasteiger partial charge in [0.25, 0.3) is 0 Å². The number of nitrogens with two attached hydrogens (primary N) is 1. The molecule has 0 radical (unpaired) electrons. The molecular formula is C11H22N2. The summed E-state index contributed by atoms with van der Waals surface area (Å²) in [6.45, 7) is 4.56. The van der Waals surface area contributed by atoms with Crippen LogP contribution < -0.4 is 11.3 Å². The molecule has 3 N–H and O–H groups in total. The second kappa shape index (κ2) is 3.58. The topological polar surface area (TPSA) is 38.0 Å². The lowest BCUT2D eigenvalue weighted by Crippen LogP contribution is -2.41. The van der Waals surface area contributed by atoms with Gasteiger partial charge in [0.2, 0.25) is 0 Å². The Morgan fingerprint density at radius 2 is 1.85 bits per heavy atom. The minimum atomic E-state index is 0.577. The van der Waals surface area contributed by atoms with E-state index in [0.717, 1.165) is 23.7 Å². The van der Waals surface area contributed by atoms with Gasteiger partial charge in [0, 0.05) is 6.04 Å².